The van der Waals surface area contributed by atoms with Crippen molar-refractivity contribution in [1.82, 2.24) is 0 Å². The molecule has 0 aromatic carbocycles. The maximum Gasteiger partial charge on any atom is 0.189 e. The molecule has 110 valence electrons. The topological polar surface area (TPSA) is 188 Å². The first-order valence-electron chi connectivity index (χ1n) is 4.82. The maximum atomic E-state index is 11.2. The standard InChI is InChI=1S/C7H14N3O8P/c1-17-5(2-9-10-8)7(13)6(12)4(11)3-18-19(14,15)16/h5-7,12-13H,2-3H2,1H3,(H2,14,15,16)/p-2. The van der Waals surface area contributed by atoms with Crippen LogP contribution in [0.4, 0.5) is 0 Å². The molecule has 0 aromatic heterocycles. The Hall–Kier alpha value is -1.03. The van der Waals surface area contributed by atoms with Crippen LogP contribution in [0.2, 0.25) is 0 Å². The van der Waals surface area contributed by atoms with Crippen molar-refractivity contribution in [2.24, 2.45) is 5.11 Å². The van der Waals surface area contributed by atoms with Gasteiger partial charge in [-0.15, -0.1) is 0 Å². The molecule has 0 aromatic rings. The monoisotopic (exact) mass is 297 g/mol. The second-order valence-electron chi connectivity index (χ2n) is 3.31. The van der Waals surface area contributed by atoms with Gasteiger partial charge in [-0.25, -0.2) is 0 Å². The fraction of sp³-hybridized carbons (Fsp3) is 0.857. The van der Waals surface area contributed by atoms with E-state index in [0.29, 0.717) is 0 Å². The predicted octanol–water partition coefficient (Wildman–Crippen LogP) is -2.55. The van der Waals surface area contributed by atoms with Crippen LogP contribution in [-0.2, 0) is 18.6 Å². The summed E-state index contributed by atoms with van der Waals surface area (Å²) < 4.78 is 18.5. The number of aliphatic hydroxyl groups is 2. The van der Waals surface area contributed by atoms with Crippen molar-refractivity contribution in [1.29, 1.82) is 0 Å². The predicted molar refractivity (Wildman–Crippen MR) is 55.4 cm³/mol. The van der Waals surface area contributed by atoms with Crippen molar-refractivity contribution in [3.63, 3.8) is 0 Å². The molecule has 12 heteroatoms. The molecule has 0 heterocycles. The number of ether oxygens (including phenoxy) is 1. The molecule has 0 aliphatic rings. The average Bonchev–Trinajstić information content (AvgIpc) is 2.34. The Kier molecular flexibility index (Phi) is 7.76. The average molecular weight is 297 g/mol. The fourth-order valence-electron chi connectivity index (χ4n) is 1.06. The summed E-state index contributed by atoms with van der Waals surface area (Å²) in [6, 6.07) is 0. The van der Waals surface area contributed by atoms with Gasteiger partial charge in [0.25, 0.3) is 0 Å². The van der Waals surface area contributed by atoms with E-state index in [9.17, 15) is 29.4 Å². The van der Waals surface area contributed by atoms with Crippen molar-refractivity contribution in [3.8, 4) is 0 Å². The highest BCUT2D eigenvalue weighted by Crippen LogP contribution is 2.24. The minimum absolute atomic E-state index is 0.360. The van der Waals surface area contributed by atoms with Gasteiger partial charge < -0.3 is 33.8 Å². The third kappa shape index (κ3) is 7.21. The number of aliphatic hydroxyl groups excluding tert-OH is 2. The van der Waals surface area contributed by atoms with Crippen molar-refractivity contribution in [3.05, 3.63) is 10.4 Å². The third-order valence-electron chi connectivity index (χ3n) is 2.03. The van der Waals surface area contributed by atoms with E-state index < -0.39 is 38.5 Å². The lowest BCUT2D eigenvalue weighted by atomic mass is 10.0. The number of ketones is 1. The first-order chi connectivity index (χ1) is 8.72. The van der Waals surface area contributed by atoms with E-state index >= 15 is 0 Å². The third-order valence-corrected chi connectivity index (χ3v) is 2.47. The number of Topliss-reactive ketones (excluding diaryl/α,β-unsaturated/α-hetero) is 1. The minimum atomic E-state index is -5.35. The summed E-state index contributed by atoms with van der Waals surface area (Å²) in [6.45, 7) is -1.57. The minimum Gasteiger partial charge on any atom is -0.790 e. The Bertz CT molecular complexity index is 392. The molecule has 0 fully saturated rings. The number of rotatable bonds is 9. The smallest absolute Gasteiger partial charge is 0.189 e. The van der Waals surface area contributed by atoms with Crippen LogP contribution in [0.3, 0.4) is 0 Å². The Morgan fingerprint density at radius 2 is 2.11 bits per heavy atom. The van der Waals surface area contributed by atoms with Gasteiger partial charge in [0.05, 0.1) is 20.5 Å². The normalized spacial score (nSPS) is 16.3. The maximum absolute atomic E-state index is 11.2. The molecule has 11 nitrogen and oxygen atoms in total. The zero-order chi connectivity index (χ0) is 15.1. The number of carbonyl (C=O) groups excluding carboxylic acids is 1. The fourth-order valence-corrected chi connectivity index (χ4v) is 1.35. The molecule has 0 rings (SSSR count). The Balaban J connectivity index is 4.51. The number of phosphoric ester groups is 1. The van der Waals surface area contributed by atoms with Crippen LogP contribution in [0.5, 0.6) is 0 Å². The summed E-state index contributed by atoms with van der Waals surface area (Å²) in [5.41, 5.74) is 8.09. The molecular weight excluding hydrogens is 285 g/mol. The van der Waals surface area contributed by atoms with Crippen LogP contribution in [0.1, 0.15) is 0 Å². The molecule has 0 saturated carbocycles. The highest BCUT2D eigenvalue weighted by Gasteiger charge is 2.31. The Morgan fingerprint density at radius 1 is 1.53 bits per heavy atom. The molecule has 0 aliphatic carbocycles. The first kappa shape index (κ1) is 18.0. The van der Waals surface area contributed by atoms with Crippen molar-refractivity contribution in [2.45, 2.75) is 18.3 Å². The largest absolute Gasteiger partial charge is 0.790 e. The van der Waals surface area contributed by atoms with E-state index in [1.54, 1.807) is 0 Å². The van der Waals surface area contributed by atoms with Crippen LogP contribution in [0.15, 0.2) is 5.11 Å². The molecule has 0 aliphatic heterocycles. The van der Waals surface area contributed by atoms with E-state index in [2.05, 4.69) is 19.3 Å². The summed E-state index contributed by atoms with van der Waals surface area (Å²) in [6.07, 6.45) is -5.00. The number of phosphoric acid groups is 1. The van der Waals surface area contributed by atoms with Crippen molar-refractivity contribution >= 4 is 13.6 Å². The van der Waals surface area contributed by atoms with E-state index in [4.69, 9.17) is 5.53 Å². The van der Waals surface area contributed by atoms with Gasteiger partial charge in [-0.2, -0.15) is 0 Å². The Labute approximate surface area is 107 Å². The lowest BCUT2D eigenvalue weighted by Gasteiger charge is -2.29. The van der Waals surface area contributed by atoms with Crippen LogP contribution in [0.25, 0.3) is 10.4 Å². The van der Waals surface area contributed by atoms with Crippen molar-refractivity contribution < 1.29 is 38.6 Å². The molecular formula is C7H12N3O8P-2. The lowest BCUT2D eigenvalue weighted by molar-refractivity contribution is -0.341. The Morgan fingerprint density at radius 3 is 2.53 bits per heavy atom. The summed E-state index contributed by atoms with van der Waals surface area (Å²) in [4.78, 5) is 33.9. The number of methoxy groups -OCH3 is 1. The summed E-state index contributed by atoms with van der Waals surface area (Å²) >= 11 is 0. The first-order valence-corrected chi connectivity index (χ1v) is 6.28. The quantitative estimate of drug-likeness (QED) is 0.201. The number of nitrogens with zero attached hydrogens (tertiary/aromatic N) is 3. The zero-order valence-electron chi connectivity index (χ0n) is 9.78. The highest BCUT2D eigenvalue weighted by molar-refractivity contribution is 7.43. The second kappa shape index (κ2) is 8.20. The SMILES string of the molecule is COC(CN=[N+]=[N-])C(O)C(O)C(=O)COP(=O)([O-])[O-]. The van der Waals surface area contributed by atoms with Crippen molar-refractivity contribution in [2.75, 3.05) is 20.3 Å². The van der Waals surface area contributed by atoms with E-state index in [1.807, 2.05) is 0 Å². The molecule has 19 heavy (non-hydrogen) atoms. The number of azide groups is 1. The number of hydrogen-bond donors (Lipinski definition) is 2. The summed E-state index contributed by atoms with van der Waals surface area (Å²) in [7, 11) is -4.21. The van der Waals surface area contributed by atoms with Crippen LogP contribution in [-0.4, -0.2) is 54.6 Å². The number of hydrogen-bond acceptors (Lipinski definition) is 9. The number of carbonyl (C=O) groups is 1. The van der Waals surface area contributed by atoms with Crippen LogP contribution >= 0.6 is 7.82 Å². The molecule has 0 radical (unpaired) electrons. The summed E-state index contributed by atoms with van der Waals surface area (Å²) in [5.74, 6) is -1.23. The molecule has 0 bridgehead atoms. The molecule has 0 saturated heterocycles. The van der Waals surface area contributed by atoms with Crippen LogP contribution < -0.4 is 9.79 Å². The molecule has 3 atom stereocenters. The van der Waals surface area contributed by atoms with Crippen LogP contribution in [0, 0.1) is 0 Å². The van der Waals surface area contributed by atoms with Gasteiger partial charge in [0.1, 0.15) is 18.8 Å². The van der Waals surface area contributed by atoms with Gasteiger partial charge in [-0.3, -0.25) is 4.79 Å². The molecule has 0 amide bonds. The highest BCUT2D eigenvalue weighted by atomic mass is 31.2. The second-order valence-corrected chi connectivity index (χ2v) is 4.46. The van der Waals surface area contributed by atoms with E-state index in [-0.39, 0.29) is 6.54 Å². The van der Waals surface area contributed by atoms with Gasteiger partial charge in [0.15, 0.2) is 5.78 Å². The van der Waals surface area contributed by atoms with Gasteiger partial charge in [-0.05, 0) is 5.53 Å². The lowest BCUT2D eigenvalue weighted by Crippen LogP contribution is -2.45. The van der Waals surface area contributed by atoms with Gasteiger partial charge in [0.2, 0.25) is 0 Å². The van der Waals surface area contributed by atoms with Gasteiger partial charge in [0, 0.05) is 12.0 Å². The van der Waals surface area contributed by atoms with Gasteiger partial charge >= 0.3 is 0 Å². The van der Waals surface area contributed by atoms with Gasteiger partial charge in [-0.1, -0.05) is 5.11 Å². The molecule has 3 unspecified atom stereocenters. The van der Waals surface area contributed by atoms with E-state index in [0.717, 1.165) is 7.11 Å². The zero-order valence-corrected chi connectivity index (χ0v) is 10.7. The summed E-state index contributed by atoms with van der Waals surface area (Å²) in [5, 5.41) is 22.0. The molecule has 0 spiro atoms. The van der Waals surface area contributed by atoms with E-state index in [1.165, 1.54) is 0 Å². The molecule has 2 N–H and O–H groups in total.